The number of halogens is 3. The summed E-state index contributed by atoms with van der Waals surface area (Å²) in [4.78, 5) is 16.7. The molecule has 4 nitrogen and oxygen atoms in total. The zero-order chi connectivity index (χ0) is 18.0. The molecule has 1 aromatic heterocycles. The number of fused-ring (bicyclic) bond motifs is 1. The highest BCUT2D eigenvalue weighted by Crippen LogP contribution is 2.52. The standard InChI is InChI=1S/C18H16F3N3O/c1-17(2)9-12(17)15(25)23-16-22-13-7-6-10(18(19,20)21)8-14(13)24(16)11-4-3-5-11/h3-8,12H,9H2,1-2H3,(H,22,23,25)/t12-/m1/s1. The second-order valence-corrected chi connectivity index (χ2v) is 7.16. The SMILES string of the molecule is CC1(C)C[C@@H]1C(=O)Nc1nc2ccc(C(F)(F)F)cc2n1C1=CC=C1. The Balaban J connectivity index is 1.77. The van der Waals surface area contributed by atoms with Crippen LogP contribution in [0.25, 0.3) is 16.7 Å². The van der Waals surface area contributed by atoms with Gasteiger partial charge in [-0.3, -0.25) is 14.7 Å². The lowest BCUT2D eigenvalue weighted by atomic mass is 10.1. The van der Waals surface area contributed by atoms with Crippen molar-refractivity contribution in [1.82, 2.24) is 9.55 Å². The Bertz CT molecular complexity index is 950. The molecule has 0 unspecified atom stereocenters. The van der Waals surface area contributed by atoms with E-state index in [1.54, 1.807) is 22.8 Å². The van der Waals surface area contributed by atoms with E-state index in [1.807, 2.05) is 13.8 Å². The van der Waals surface area contributed by atoms with Gasteiger partial charge in [0.2, 0.25) is 11.9 Å². The van der Waals surface area contributed by atoms with Crippen LogP contribution in [0.15, 0.2) is 36.4 Å². The molecule has 0 radical (unpaired) electrons. The van der Waals surface area contributed by atoms with Gasteiger partial charge in [0.05, 0.1) is 16.6 Å². The van der Waals surface area contributed by atoms with Crippen LogP contribution in [-0.4, -0.2) is 15.5 Å². The van der Waals surface area contributed by atoms with Gasteiger partial charge in [-0.15, -0.1) is 0 Å². The lowest BCUT2D eigenvalue weighted by Crippen LogP contribution is -2.19. The smallest absolute Gasteiger partial charge is 0.295 e. The molecule has 130 valence electrons. The molecule has 1 fully saturated rings. The van der Waals surface area contributed by atoms with Gasteiger partial charge >= 0.3 is 6.18 Å². The highest BCUT2D eigenvalue weighted by molar-refractivity contribution is 5.97. The maximum absolute atomic E-state index is 13.0. The number of carbonyl (C=O) groups excluding carboxylic acids is 1. The predicted octanol–water partition coefficient (Wildman–Crippen LogP) is 4.45. The summed E-state index contributed by atoms with van der Waals surface area (Å²) in [7, 11) is 0. The number of hydrogen-bond acceptors (Lipinski definition) is 2. The summed E-state index contributed by atoms with van der Waals surface area (Å²) in [5.41, 5.74) is 0.619. The molecule has 2 aliphatic carbocycles. The summed E-state index contributed by atoms with van der Waals surface area (Å²) < 4.78 is 40.7. The van der Waals surface area contributed by atoms with E-state index >= 15 is 0 Å². The number of carbonyl (C=O) groups is 1. The van der Waals surface area contributed by atoms with E-state index in [0.717, 1.165) is 18.6 Å². The van der Waals surface area contributed by atoms with Crippen molar-refractivity contribution in [3.05, 3.63) is 42.0 Å². The Kier molecular flexibility index (Phi) is 3.17. The van der Waals surface area contributed by atoms with Gasteiger partial charge in [0.1, 0.15) is 0 Å². The van der Waals surface area contributed by atoms with Gasteiger partial charge in [-0.2, -0.15) is 13.2 Å². The van der Waals surface area contributed by atoms with Gasteiger partial charge in [-0.1, -0.05) is 19.9 Å². The third kappa shape index (κ3) is 2.63. The van der Waals surface area contributed by atoms with E-state index in [2.05, 4.69) is 10.3 Å². The molecule has 0 saturated heterocycles. The number of nitrogens with one attached hydrogen (secondary N) is 1. The first kappa shape index (κ1) is 15.9. The summed E-state index contributed by atoms with van der Waals surface area (Å²) in [6, 6.07) is 3.39. The van der Waals surface area contributed by atoms with Gasteiger partial charge in [0.15, 0.2) is 0 Å². The van der Waals surface area contributed by atoms with Gasteiger partial charge in [0.25, 0.3) is 0 Å². The number of rotatable bonds is 3. The topological polar surface area (TPSA) is 46.9 Å². The predicted molar refractivity (Wildman–Crippen MR) is 88.7 cm³/mol. The van der Waals surface area contributed by atoms with Crippen LogP contribution in [0.2, 0.25) is 0 Å². The first-order valence-corrected chi connectivity index (χ1v) is 7.96. The summed E-state index contributed by atoms with van der Waals surface area (Å²) in [6.07, 6.45) is 1.66. The summed E-state index contributed by atoms with van der Waals surface area (Å²) in [5.74, 6) is -0.00320. The van der Waals surface area contributed by atoms with E-state index in [4.69, 9.17) is 0 Å². The lowest BCUT2D eigenvalue weighted by molar-refractivity contribution is -0.137. The molecule has 1 aromatic carbocycles. The molecule has 1 heterocycles. The first-order valence-electron chi connectivity index (χ1n) is 7.96. The van der Waals surface area contributed by atoms with E-state index in [9.17, 15) is 18.0 Å². The van der Waals surface area contributed by atoms with Gasteiger partial charge < -0.3 is 0 Å². The second-order valence-electron chi connectivity index (χ2n) is 7.16. The average Bonchev–Trinajstić information content (AvgIpc) is 2.96. The minimum absolute atomic E-state index is 0.0416. The van der Waals surface area contributed by atoms with Crippen LogP contribution in [0.4, 0.5) is 19.1 Å². The summed E-state index contributed by atoms with van der Waals surface area (Å²) >= 11 is 0. The van der Waals surface area contributed by atoms with Gasteiger partial charge in [0, 0.05) is 11.6 Å². The van der Waals surface area contributed by atoms with Crippen LogP contribution in [0.5, 0.6) is 0 Å². The molecule has 1 amide bonds. The van der Waals surface area contributed by atoms with Gasteiger partial charge in [-0.25, -0.2) is 4.98 Å². The summed E-state index contributed by atoms with van der Waals surface area (Å²) in [5, 5.41) is 2.78. The molecule has 7 heteroatoms. The number of alkyl halides is 3. The Morgan fingerprint density at radius 1 is 1.36 bits per heavy atom. The Labute approximate surface area is 142 Å². The van der Waals surface area contributed by atoms with Crippen molar-refractivity contribution < 1.29 is 18.0 Å². The first-order chi connectivity index (χ1) is 11.7. The van der Waals surface area contributed by atoms with Crippen LogP contribution >= 0.6 is 0 Å². The third-order valence-corrected chi connectivity index (χ3v) is 4.84. The number of nitrogens with zero attached hydrogens (tertiary/aromatic N) is 2. The van der Waals surface area contributed by atoms with E-state index in [-0.39, 0.29) is 23.2 Å². The Hall–Kier alpha value is -2.57. The minimum Gasteiger partial charge on any atom is -0.295 e. The molecule has 1 atom stereocenters. The number of aromatic nitrogens is 2. The molecule has 25 heavy (non-hydrogen) atoms. The van der Waals surface area contributed by atoms with Crippen molar-refractivity contribution in [2.24, 2.45) is 11.3 Å². The normalized spacial score (nSPS) is 21.0. The van der Waals surface area contributed by atoms with Crippen LogP contribution in [-0.2, 0) is 11.0 Å². The fraction of sp³-hybridized carbons (Fsp3) is 0.333. The van der Waals surface area contributed by atoms with Crippen LogP contribution in [0.3, 0.4) is 0 Å². The quantitative estimate of drug-likeness (QED) is 0.892. The molecule has 0 aliphatic heterocycles. The molecule has 0 spiro atoms. The Morgan fingerprint density at radius 2 is 2.04 bits per heavy atom. The van der Waals surface area contributed by atoms with Crippen LogP contribution in [0, 0.1) is 11.3 Å². The fourth-order valence-electron chi connectivity index (χ4n) is 3.04. The number of anilines is 1. The van der Waals surface area contributed by atoms with Crippen molar-refractivity contribution in [1.29, 1.82) is 0 Å². The fourth-order valence-corrected chi connectivity index (χ4v) is 3.04. The van der Waals surface area contributed by atoms with Crippen LogP contribution in [0.1, 0.15) is 25.8 Å². The lowest BCUT2D eigenvalue weighted by Gasteiger charge is -2.15. The van der Waals surface area contributed by atoms with E-state index < -0.39 is 11.7 Å². The third-order valence-electron chi connectivity index (χ3n) is 4.84. The highest BCUT2D eigenvalue weighted by atomic mass is 19.4. The molecule has 0 bridgehead atoms. The van der Waals surface area contributed by atoms with Crippen molar-refractivity contribution in [2.45, 2.75) is 26.4 Å². The molecular weight excluding hydrogens is 331 g/mol. The molecular formula is C18H16F3N3O. The number of benzene rings is 1. The zero-order valence-corrected chi connectivity index (χ0v) is 13.7. The molecule has 1 N–H and O–H groups in total. The van der Waals surface area contributed by atoms with Crippen molar-refractivity contribution >= 4 is 28.6 Å². The van der Waals surface area contributed by atoms with Crippen molar-refractivity contribution in [3.63, 3.8) is 0 Å². The maximum atomic E-state index is 13.0. The second kappa shape index (κ2) is 4.97. The van der Waals surface area contributed by atoms with Gasteiger partial charge in [-0.05, 0) is 42.2 Å². The van der Waals surface area contributed by atoms with Crippen molar-refractivity contribution in [2.75, 3.05) is 5.32 Å². The zero-order valence-electron chi connectivity index (χ0n) is 13.7. The van der Waals surface area contributed by atoms with Crippen molar-refractivity contribution in [3.8, 4) is 0 Å². The molecule has 2 aliphatic rings. The number of imidazole rings is 1. The van der Waals surface area contributed by atoms with E-state index in [1.165, 1.54) is 6.07 Å². The minimum atomic E-state index is -4.44. The van der Waals surface area contributed by atoms with Crippen LogP contribution < -0.4 is 5.32 Å². The number of allylic oxidation sites excluding steroid dienone is 4. The summed E-state index contributed by atoms with van der Waals surface area (Å²) in [6.45, 7) is 4.01. The molecule has 1 saturated carbocycles. The highest BCUT2D eigenvalue weighted by Gasteiger charge is 2.50. The number of amides is 1. The maximum Gasteiger partial charge on any atom is 0.416 e. The molecule has 2 aromatic rings. The number of hydrogen-bond donors (Lipinski definition) is 1. The Morgan fingerprint density at radius 3 is 2.56 bits per heavy atom. The average molecular weight is 347 g/mol. The van der Waals surface area contributed by atoms with E-state index in [0.29, 0.717) is 16.7 Å². The molecule has 4 rings (SSSR count). The largest absolute Gasteiger partial charge is 0.416 e. The monoisotopic (exact) mass is 347 g/mol.